The summed E-state index contributed by atoms with van der Waals surface area (Å²) < 4.78 is 37.0. The molecule has 1 saturated heterocycles. The van der Waals surface area contributed by atoms with E-state index in [9.17, 15) is 18.9 Å². The highest BCUT2D eigenvalue weighted by molar-refractivity contribution is 5.94. The molecular weight excluding hydrogens is 426 g/mol. The largest absolute Gasteiger partial charge is 0.462 e. The SMILES string of the molecule is CCn1cc(C(=O)OCCCCON=O)c(=O)c2cc(F)c(N3CCNC(C)C3)c(F)c21. The Morgan fingerprint density at radius 1 is 1.31 bits per heavy atom. The molecule has 0 radical (unpaired) electrons. The minimum Gasteiger partial charge on any atom is -0.462 e. The number of ether oxygens (including phenoxy) is 1. The molecule has 32 heavy (non-hydrogen) atoms. The fraction of sp³-hybridized carbons (Fsp3) is 0.524. The molecule has 0 saturated carbocycles. The molecule has 0 amide bonds. The van der Waals surface area contributed by atoms with Gasteiger partial charge in [-0.25, -0.2) is 13.6 Å². The second-order valence-electron chi connectivity index (χ2n) is 7.63. The number of hydrogen-bond acceptors (Lipinski definition) is 8. The summed E-state index contributed by atoms with van der Waals surface area (Å²) in [7, 11) is 0. The molecule has 1 fully saturated rings. The molecule has 174 valence electrons. The van der Waals surface area contributed by atoms with Gasteiger partial charge in [-0.15, -0.1) is 4.91 Å². The number of esters is 1. The van der Waals surface area contributed by atoms with E-state index in [0.29, 0.717) is 32.5 Å². The van der Waals surface area contributed by atoms with Crippen LogP contribution in [0.25, 0.3) is 10.9 Å². The van der Waals surface area contributed by atoms with Gasteiger partial charge in [0.1, 0.15) is 23.7 Å². The third-order valence-electron chi connectivity index (χ3n) is 5.39. The summed E-state index contributed by atoms with van der Waals surface area (Å²) in [5, 5.41) is 5.27. The van der Waals surface area contributed by atoms with Gasteiger partial charge < -0.3 is 24.4 Å². The molecule has 1 atom stereocenters. The van der Waals surface area contributed by atoms with Crippen molar-refractivity contribution in [3.63, 3.8) is 0 Å². The maximum atomic E-state index is 15.5. The lowest BCUT2D eigenvalue weighted by atomic mass is 10.1. The average Bonchev–Trinajstić information content (AvgIpc) is 2.76. The first-order valence-electron chi connectivity index (χ1n) is 10.5. The van der Waals surface area contributed by atoms with Crippen LogP contribution in [0, 0.1) is 16.5 Å². The van der Waals surface area contributed by atoms with Crippen molar-refractivity contribution < 1.29 is 23.1 Å². The molecule has 2 heterocycles. The summed E-state index contributed by atoms with van der Waals surface area (Å²) in [4.78, 5) is 41.2. The second kappa shape index (κ2) is 10.5. The van der Waals surface area contributed by atoms with Crippen molar-refractivity contribution in [2.24, 2.45) is 5.34 Å². The maximum Gasteiger partial charge on any atom is 0.343 e. The number of fused-ring (bicyclic) bond motifs is 1. The Labute approximate surface area is 183 Å². The van der Waals surface area contributed by atoms with Crippen LogP contribution in [0.4, 0.5) is 14.5 Å². The number of anilines is 1. The van der Waals surface area contributed by atoms with E-state index >= 15 is 4.39 Å². The number of unbranched alkanes of at least 4 members (excludes halogenated alkanes) is 1. The number of nitrogens with one attached hydrogen (secondary N) is 1. The van der Waals surface area contributed by atoms with Crippen molar-refractivity contribution in [3.8, 4) is 0 Å². The summed E-state index contributed by atoms with van der Waals surface area (Å²) >= 11 is 0. The maximum absolute atomic E-state index is 15.5. The Bertz CT molecular complexity index is 1060. The van der Waals surface area contributed by atoms with Crippen molar-refractivity contribution >= 4 is 22.6 Å². The topological polar surface area (TPSA) is 102 Å². The van der Waals surface area contributed by atoms with Crippen LogP contribution >= 0.6 is 0 Å². The second-order valence-corrected chi connectivity index (χ2v) is 7.63. The van der Waals surface area contributed by atoms with E-state index in [-0.39, 0.29) is 48.0 Å². The summed E-state index contributed by atoms with van der Waals surface area (Å²) in [6.45, 7) is 5.44. The Balaban J connectivity index is 1.94. The average molecular weight is 452 g/mol. The first-order valence-corrected chi connectivity index (χ1v) is 10.5. The first kappa shape index (κ1) is 23.6. The molecule has 1 aliphatic heterocycles. The standard InChI is InChI=1S/C21H26F2N4O5/c1-3-26-12-15(21(29)31-8-4-5-9-32-25-30)20(28)14-10-16(22)19(17(23)18(14)26)27-7-6-24-13(2)11-27/h10,12-13,24H,3-9,11H2,1-2H3. The van der Waals surface area contributed by atoms with Crippen molar-refractivity contribution in [2.45, 2.75) is 39.3 Å². The molecule has 1 unspecified atom stereocenters. The number of hydrogen-bond donors (Lipinski definition) is 1. The van der Waals surface area contributed by atoms with Gasteiger partial charge in [-0.3, -0.25) is 4.79 Å². The molecule has 9 nitrogen and oxygen atoms in total. The number of piperazine rings is 1. The molecule has 0 aliphatic carbocycles. The minimum absolute atomic E-state index is 0.00646. The van der Waals surface area contributed by atoms with Gasteiger partial charge in [0, 0.05) is 38.4 Å². The zero-order chi connectivity index (χ0) is 23.3. The van der Waals surface area contributed by atoms with Crippen LogP contribution in [0.1, 0.15) is 37.0 Å². The smallest absolute Gasteiger partial charge is 0.343 e. The van der Waals surface area contributed by atoms with E-state index in [4.69, 9.17) is 4.74 Å². The van der Waals surface area contributed by atoms with Gasteiger partial charge in [0.15, 0.2) is 11.2 Å². The lowest BCUT2D eigenvalue weighted by Crippen LogP contribution is -2.49. The molecule has 1 N–H and O–H groups in total. The van der Waals surface area contributed by atoms with Crippen molar-refractivity contribution in [2.75, 3.05) is 37.7 Å². The number of halogens is 2. The van der Waals surface area contributed by atoms with E-state index in [1.54, 1.807) is 11.8 Å². The molecular formula is C21H26F2N4O5. The van der Waals surface area contributed by atoms with Gasteiger partial charge in [-0.2, -0.15) is 0 Å². The summed E-state index contributed by atoms with van der Waals surface area (Å²) in [6, 6.07) is 1.06. The third kappa shape index (κ3) is 4.87. The van der Waals surface area contributed by atoms with Crippen LogP contribution in [0.15, 0.2) is 22.4 Å². The normalized spacial score (nSPS) is 16.2. The van der Waals surface area contributed by atoms with Gasteiger partial charge in [-0.05, 0) is 32.8 Å². The highest BCUT2D eigenvalue weighted by Gasteiger charge is 2.27. The van der Waals surface area contributed by atoms with Gasteiger partial charge in [0.05, 0.1) is 17.5 Å². The first-order chi connectivity index (χ1) is 15.4. The van der Waals surface area contributed by atoms with E-state index in [0.717, 1.165) is 6.07 Å². The Morgan fingerprint density at radius 2 is 2.06 bits per heavy atom. The molecule has 3 rings (SSSR count). The lowest BCUT2D eigenvalue weighted by Gasteiger charge is -2.34. The summed E-state index contributed by atoms with van der Waals surface area (Å²) in [6.07, 6.45) is 2.07. The molecule has 11 heteroatoms. The number of aryl methyl sites for hydroxylation is 1. The third-order valence-corrected chi connectivity index (χ3v) is 5.39. The van der Waals surface area contributed by atoms with E-state index in [1.165, 1.54) is 10.8 Å². The quantitative estimate of drug-likeness (QED) is 0.270. The van der Waals surface area contributed by atoms with Crippen LogP contribution in [-0.2, 0) is 16.1 Å². The molecule has 0 bridgehead atoms. The molecule has 1 aromatic carbocycles. The Kier molecular flexibility index (Phi) is 7.73. The number of pyridine rings is 1. The number of nitrogens with zero attached hydrogens (tertiary/aromatic N) is 3. The van der Waals surface area contributed by atoms with Crippen LogP contribution < -0.4 is 15.6 Å². The van der Waals surface area contributed by atoms with Gasteiger partial charge in [0.2, 0.25) is 5.43 Å². The summed E-state index contributed by atoms with van der Waals surface area (Å²) in [5.41, 5.74) is -1.31. The zero-order valence-electron chi connectivity index (χ0n) is 18.0. The van der Waals surface area contributed by atoms with E-state index in [2.05, 4.69) is 15.5 Å². The number of rotatable bonds is 9. The zero-order valence-corrected chi connectivity index (χ0v) is 18.0. The molecule has 0 spiro atoms. The fourth-order valence-corrected chi connectivity index (χ4v) is 3.85. The van der Waals surface area contributed by atoms with Crippen molar-refractivity contribution in [1.29, 1.82) is 0 Å². The molecule has 1 aromatic heterocycles. The highest BCUT2D eigenvalue weighted by atomic mass is 19.1. The molecule has 1 aliphatic rings. The van der Waals surface area contributed by atoms with Gasteiger partial charge >= 0.3 is 5.97 Å². The predicted octanol–water partition coefficient (Wildman–Crippen LogP) is 2.73. The van der Waals surface area contributed by atoms with E-state index in [1.807, 2.05) is 6.92 Å². The minimum atomic E-state index is -0.880. The highest BCUT2D eigenvalue weighted by Crippen LogP contribution is 2.30. The number of carbonyl (C=O) groups is 1. The van der Waals surface area contributed by atoms with Crippen LogP contribution in [-0.4, -0.2) is 49.4 Å². The predicted molar refractivity (Wildman–Crippen MR) is 115 cm³/mol. The summed E-state index contributed by atoms with van der Waals surface area (Å²) in [5.74, 6) is -2.55. The van der Waals surface area contributed by atoms with Gasteiger partial charge in [-0.1, -0.05) is 0 Å². The van der Waals surface area contributed by atoms with Crippen molar-refractivity contribution in [3.05, 3.63) is 44.6 Å². The molecule has 2 aromatic rings. The van der Waals surface area contributed by atoms with Crippen LogP contribution in [0.5, 0.6) is 0 Å². The number of carbonyl (C=O) groups excluding carboxylic acids is 1. The van der Waals surface area contributed by atoms with Gasteiger partial charge in [0.25, 0.3) is 0 Å². The van der Waals surface area contributed by atoms with Crippen LogP contribution in [0.2, 0.25) is 0 Å². The Morgan fingerprint density at radius 3 is 2.75 bits per heavy atom. The fourth-order valence-electron chi connectivity index (χ4n) is 3.85. The lowest BCUT2D eigenvalue weighted by molar-refractivity contribution is 0.0480. The van der Waals surface area contributed by atoms with Crippen LogP contribution in [0.3, 0.4) is 0 Å². The monoisotopic (exact) mass is 452 g/mol. The van der Waals surface area contributed by atoms with Crippen molar-refractivity contribution in [1.82, 2.24) is 9.88 Å². The number of aromatic nitrogens is 1. The number of benzene rings is 1. The Hall–Kier alpha value is -3.08. The van der Waals surface area contributed by atoms with E-state index < -0.39 is 23.0 Å².